The summed E-state index contributed by atoms with van der Waals surface area (Å²) in [5.74, 6) is 3.70. The monoisotopic (exact) mass is 349 g/mol. The molecule has 128 valence electrons. The number of thioether (sulfide) groups is 1. The van der Waals surface area contributed by atoms with E-state index in [1.54, 1.807) is 25.4 Å². The Kier molecular flexibility index (Phi) is 4.27. The lowest BCUT2D eigenvalue weighted by Crippen LogP contribution is -2.64. The number of pyridine rings is 1. The SMILES string of the molecule is C[C@@H](O)[C@H]1C(=O)N2C(C(=O)[O-])=C(CSc3ccc[n+](N)c3)[C@H](C)[C@H]12. The molecule has 3 N–H and O–H groups in total. The van der Waals surface area contributed by atoms with Crippen molar-refractivity contribution in [1.29, 1.82) is 0 Å². The van der Waals surface area contributed by atoms with E-state index in [1.165, 1.54) is 21.3 Å². The van der Waals surface area contributed by atoms with Gasteiger partial charge in [0.25, 0.3) is 0 Å². The molecule has 0 radical (unpaired) electrons. The maximum atomic E-state index is 12.2. The van der Waals surface area contributed by atoms with Crippen LogP contribution in [0.1, 0.15) is 13.8 Å². The number of fused-ring (bicyclic) bond motifs is 1. The first-order chi connectivity index (χ1) is 11.3. The molecular weight excluding hydrogens is 330 g/mol. The molecule has 7 nitrogen and oxygen atoms in total. The van der Waals surface area contributed by atoms with Crippen LogP contribution in [0.25, 0.3) is 0 Å². The number of aromatic nitrogens is 1. The molecule has 1 aromatic rings. The molecule has 8 heteroatoms. The second-order valence-corrected chi connectivity index (χ2v) is 7.24. The molecule has 4 atom stereocenters. The Hall–Kier alpha value is -2.06. The van der Waals surface area contributed by atoms with Gasteiger partial charge in [-0.15, -0.1) is 11.8 Å². The molecule has 2 aliphatic heterocycles. The summed E-state index contributed by atoms with van der Waals surface area (Å²) in [6, 6.07) is 3.37. The predicted molar refractivity (Wildman–Crippen MR) is 84.5 cm³/mol. The van der Waals surface area contributed by atoms with Gasteiger partial charge in [-0.05, 0) is 18.6 Å². The lowest BCUT2D eigenvalue weighted by molar-refractivity contribution is -0.640. The summed E-state index contributed by atoms with van der Waals surface area (Å²) in [6.07, 6.45) is 2.63. The number of carbonyl (C=O) groups excluding carboxylic acids is 2. The van der Waals surface area contributed by atoms with Gasteiger partial charge in [0.2, 0.25) is 12.1 Å². The number of aliphatic hydroxyl groups excluding tert-OH is 1. The molecule has 0 aliphatic carbocycles. The summed E-state index contributed by atoms with van der Waals surface area (Å²) in [4.78, 5) is 26.0. The number of carboxylic acids is 1. The van der Waals surface area contributed by atoms with Crippen LogP contribution in [-0.2, 0) is 9.59 Å². The molecule has 3 heterocycles. The van der Waals surface area contributed by atoms with E-state index in [-0.39, 0.29) is 23.6 Å². The zero-order valence-electron chi connectivity index (χ0n) is 13.4. The number of amides is 1. The summed E-state index contributed by atoms with van der Waals surface area (Å²) in [5, 5.41) is 21.4. The Morgan fingerprint density at radius 1 is 1.58 bits per heavy atom. The Morgan fingerprint density at radius 2 is 2.29 bits per heavy atom. The van der Waals surface area contributed by atoms with Crippen LogP contribution >= 0.6 is 11.8 Å². The largest absolute Gasteiger partial charge is 0.543 e. The number of rotatable bonds is 5. The number of β-lactam (4-membered cyclic amide) rings is 1. The fourth-order valence-electron chi connectivity index (χ4n) is 3.54. The summed E-state index contributed by atoms with van der Waals surface area (Å²) in [6.45, 7) is 3.45. The zero-order valence-corrected chi connectivity index (χ0v) is 14.2. The van der Waals surface area contributed by atoms with Crippen molar-refractivity contribution in [1.82, 2.24) is 4.90 Å². The van der Waals surface area contributed by atoms with Crippen LogP contribution in [0.2, 0.25) is 0 Å². The standard InChI is InChI=1S/C16H19N3O4S/c1-8-11(7-24-10-4-3-5-18(17)6-10)14(16(22)23)19-13(8)12(9(2)20)15(19)21/h3-6,8-9,12-13,20H,7,17H2,1-2H3/t8-,9+,12+,13+/m0/s1. The number of carbonyl (C=O) groups is 2. The Labute approximate surface area is 143 Å². The fraction of sp³-hybridized carbons (Fsp3) is 0.438. The third-order valence-electron chi connectivity index (χ3n) is 4.70. The van der Waals surface area contributed by atoms with Crippen molar-refractivity contribution in [2.75, 3.05) is 11.6 Å². The van der Waals surface area contributed by atoms with E-state index >= 15 is 0 Å². The third-order valence-corrected chi connectivity index (χ3v) is 5.73. The van der Waals surface area contributed by atoms with Crippen LogP contribution in [-0.4, -0.2) is 39.8 Å². The summed E-state index contributed by atoms with van der Waals surface area (Å²) in [5.41, 5.74) is 0.618. The topological polar surface area (TPSA) is 111 Å². The minimum absolute atomic E-state index is 0.0431. The van der Waals surface area contributed by atoms with E-state index in [0.717, 1.165) is 4.90 Å². The number of carboxylic acid groups (broad SMARTS) is 1. The van der Waals surface area contributed by atoms with Gasteiger partial charge in [-0.1, -0.05) is 11.6 Å². The van der Waals surface area contributed by atoms with Crippen LogP contribution < -0.4 is 15.6 Å². The van der Waals surface area contributed by atoms with Crippen molar-refractivity contribution in [3.05, 3.63) is 35.8 Å². The van der Waals surface area contributed by atoms with E-state index in [9.17, 15) is 19.8 Å². The highest BCUT2D eigenvalue weighted by Gasteiger charge is 2.58. The average molecular weight is 349 g/mol. The average Bonchev–Trinajstić information content (AvgIpc) is 2.74. The minimum atomic E-state index is -1.35. The molecular formula is C16H19N3O4S. The maximum Gasteiger partial charge on any atom is 0.235 e. The summed E-state index contributed by atoms with van der Waals surface area (Å²) >= 11 is 1.45. The van der Waals surface area contributed by atoms with Gasteiger partial charge in [-0.25, -0.2) is 5.84 Å². The molecule has 3 rings (SSSR count). The van der Waals surface area contributed by atoms with Crippen LogP contribution in [0.5, 0.6) is 0 Å². The smallest absolute Gasteiger partial charge is 0.235 e. The molecule has 24 heavy (non-hydrogen) atoms. The molecule has 2 aliphatic rings. The van der Waals surface area contributed by atoms with Crippen LogP contribution in [0.3, 0.4) is 0 Å². The molecule has 0 unspecified atom stereocenters. The van der Waals surface area contributed by atoms with E-state index < -0.39 is 18.0 Å². The quantitative estimate of drug-likeness (QED) is 0.294. The van der Waals surface area contributed by atoms with Gasteiger partial charge in [0.1, 0.15) is 0 Å². The van der Waals surface area contributed by atoms with Crippen LogP contribution in [0.15, 0.2) is 40.7 Å². The van der Waals surface area contributed by atoms with E-state index in [1.807, 2.05) is 13.0 Å². The second-order valence-electron chi connectivity index (χ2n) is 6.19. The maximum absolute atomic E-state index is 12.2. The molecule has 1 aromatic heterocycles. The fourth-order valence-corrected chi connectivity index (χ4v) is 4.63. The predicted octanol–water partition coefficient (Wildman–Crippen LogP) is -1.36. The Balaban J connectivity index is 1.85. The number of hydrogen-bond donors (Lipinski definition) is 2. The number of nitrogens with zero attached hydrogens (tertiary/aromatic N) is 2. The third kappa shape index (κ3) is 2.55. The van der Waals surface area contributed by atoms with Crippen molar-refractivity contribution in [2.24, 2.45) is 11.8 Å². The normalized spacial score (nSPS) is 27.0. The molecule has 0 aromatic carbocycles. The Morgan fingerprint density at radius 3 is 2.88 bits per heavy atom. The van der Waals surface area contributed by atoms with E-state index in [0.29, 0.717) is 11.3 Å². The minimum Gasteiger partial charge on any atom is -0.543 e. The zero-order chi connectivity index (χ0) is 17.6. The highest BCUT2D eigenvalue weighted by Crippen LogP contribution is 2.47. The number of hydrogen-bond acceptors (Lipinski definition) is 6. The Bertz CT molecular complexity index is 734. The molecule has 0 spiro atoms. The van der Waals surface area contributed by atoms with Crippen molar-refractivity contribution >= 4 is 23.6 Å². The van der Waals surface area contributed by atoms with Gasteiger partial charge in [0.15, 0.2) is 6.20 Å². The van der Waals surface area contributed by atoms with Gasteiger partial charge in [0.05, 0.1) is 34.6 Å². The first-order valence-corrected chi connectivity index (χ1v) is 8.66. The molecule has 0 saturated carbocycles. The van der Waals surface area contributed by atoms with Crippen LogP contribution in [0.4, 0.5) is 0 Å². The van der Waals surface area contributed by atoms with Crippen molar-refractivity contribution in [3.63, 3.8) is 0 Å². The van der Waals surface area contributed by atoms with Gasteiger partial charge >= 0.3 is 0 Å². The van der Waals surface area contributed by atoms with E-state index in [2.05, 4.69) is 0 Å². The van der Waals surface area contributed by atoms with E-state index in [4.69, 9.17) is 5.84 Å². The summed E-state index contributed by atoms with van der Waals surface area (Å²) < 4.78 is 1.43. The first kappa shape index (κ1) is 16.8. The molecule has 1 saturated heterocycles. The lowest BCUT2D eigenvalue weighted by atomic mass is 9.78. The van der Waals surface area contributed by atoms with Crippen molar-refractivity contribution in [2.45, 2.75) is 30.9 Å². The first-order valence-electron chi connectivity index (χ1n) is 7.67. The lowest BCUT2D eigenvalue weighted by Gasteiger charge is -2.47. The number of nitrogens with two attached hydrogens (primary N) is 1. The second kappa shape index (κ2) is 6.10. The molecule has 0 bridgehead atoms. The molecule has 1 amide bonds. The highest BCUT2D eigenvalue weighted by molar-refractivity contribution is 7.99. The van der Waals surface area contributed by atoms with Gasteiger partial charge < -0.3 is 19.9 Å². The van der Waals surface area contributed by atoms with Gasteiger partial charge in [-0.2, -0.15) is 0 Å². The number of nitrogen functional groups attached to an aromatic ring is 1. The molecule has 1 fully saturated rings. The number of aliphatic hydroxyl groups is 1. The number of aliphatic carboxylic acids is 1. The summed E-state index contributed by atoms with van der Waals surface area (Å²) in [7, 11) is 0. The van der Waals surface area contributed by atoms with Crippen molar-refractivity contribution < 1.29 is 24.5 Å². The highest BCUT2D eigenvalue weighted by atomic mass is 32.2. The van der Waals surface area contributed by atoms with Crippen molar-refractivity contribution in [3.8, 4) is 0 Å². The van der Waals surface area contributed by atoms with Gasteiger partial charge in [0, 0.05) is 17.7 Å². The van der Waals surface area contributed by atoms with Gasteiger partial charge in [-0.3, -0.25) is 4.79 Å². The van der Waals surface area contributed by atoms with Crippen LogP contribution in [0, 0.1) is 11.8 Å².